The fraction of sp³-hybridized carbons (Fsp3) is 0.462. The minimum absolute atomic E-state index is 0. The summed E-state index contributed by atoms with van der Waals surface area (Å²) in [5.74, 6) is 0.00326. The molecule has 0 radical (unpaired) electrons. The fourth-order valence-corrected chi connectivity index (χ4v) is 2.65. The molecule has 0 spiro atoms. The number of halogens is 1. The number of para-hydroxylation sites is 1. The first-order valence-electron chi connectivity index (χ1n) is 6.49. The summed E-state index contributed by atoms with van der Waals surface area (Å²) in [5.41, 5.74) is 11.3. The molecule has 0 bridgehead atoms. The van der Waals surface area contributed by atoms with Crippen LogP contribution in [0.2, 0.25) is 0 Å². The maximum absolute atomic E-state index is 12.5. The first-order chi connectivity index (χ1) is 9.45. The summed E-state index contributed by atoms with van der Waals surface area (Å²) in [7, 11) is 0. The molecule has 2 unspecified atom stereocenters. The topological polar surface area (TPSA) is 115 Å². The minimum Gasteiger partial charge on any atom is -0.393 e. The Labute approximate surface area is 128 Å². The zero-order chi connectivity index (χ0) is 14.9. The predicted octanol–water partition coefficient (Wildman–Crippen LogP) is 1.41. The van der Waals surface area contributed by atoms with E-state index in [0.29, 0.717) is 13.1 Å². The molecule has 7 nitrogen and oxygen atoms in total. The number of nitrogen functional groups attached to an aromatic ring is 1. The SMILES string of the molecule is CC1CC(CN)CN1C(=O)c1cccc([N+](=O)[O-])c1N.Cl. The van der Waals surface area contributed by atoms with E-state index in [9.17, 15) is 14.9 Å². The lowest BCUT2D eigenvalue weighted by Gasteiger charge is -2.22. The van der Waals surface area contributed by atoms with Crippen LogP contribution < -0.4 is 11.5 Å². The maximum Gasteiger partial charge on any atom is 0.292 e. The van der Waals surface area contributed by atoms with Crippen LogP contribution in [0.4, 0.5) is 11.4 Å². The number of nitro groups is 1. The molecule has 0 aliphatic carbocycles. The highest BCUT2D eigenvalue weighted by Gasteiger charge is 2.33. The molecule has 2 atom stereocenters. The molecular weight excluding hydrogens is 296 g/mol. The molecule has 4 N–H and O–H groups in total. The maximum atomic E-state index is 12.5. The second kappa shape index (κ2) is 6.73. The quantitative estimate of drug-likeness (QED) is 0.497. The van der Waals surface area contributed by atoms with Crippen LogP contribution in [0.3, 0.4) is 0 Å². The fourth-order valence-electron chi connectivity index (χ4n) is 2.65. The van der Waals surface area contributed by atoms with Crippen LogP contribution in [0.5, 0.6) is 0 Å². The second-order valence-corrected chi connectivity index (χ2v) is 5.14. The van der Waals surface area contributed by atoms with Gasteiger partial charge in [-0.05, 0) is 31.9 Å². The van der Waals surface area contributed by atoms with Gasteiger partial charge in [-0.15, -0.1) is 12.4 Å². The van der Waals surface area contributed by atoms with Crippen molar-refractivity contribution in [2.24, 2.45) is 11.7 Å². The molecule has 1 aliphatic heterocycles. The van der Waals surface area contributed by atoms with Gasteiger partial charge in [0.25, 0.3) is 11.6 Å². The third-order valence-electron chi connectivity index (χ3n) is 3.77. The molecular formula is C13H19ClN4O3. The zero-order valence-electron chi connectivity index (χ0n) is 11.7. The van der Waals surface area contributed by atoms with Crippen molar-refractivity contribution >= 4 is 29.7 Å². The Hall–Kier alpha value is -1.86. The molecule has 21 heavy (non-hydrogen) atoms. The van der Waals surface area contributed by atoms with E-state index in [1.54, 1.807) is 4.90 Å². The van der Waals surface area contributed by atoms with Gasteiger partial charge in [0.15, 0.2) is 0 Å². The van der Waals surface area contributed by atoms with Crippen molar-refractivity contribution in [2.75, 3.05) is 18.8 Å². The van der Waals surface area contributed by atoms with E-state index in [2.05, 4.69) is 0 Å². The van der Waals surface area contributed by atoms with Gasteiger partial charge in [-0.1, -0.05) is 6.07 Å². The molecule has 8 heteroatoms. The van der Waals surface area contributed by atoms with Gasteiger partial charge in [-0.3, -0.25) is 14.9 Å². The van der Waals surface area contributed by atoms with Crippen LogP contribution in [0, 0.1) is 16.0 Å². The summed E-state index contributed by atoms with van der Waals surface area (Å²) in [6.45, 7) is 3.04. The lowest BCUT2D eigenvalue weighted by molar-refractivity contribution is -0.383. The zero-order valence-corrected chi connectivity index (χ0v) is 12.5. The molecule has 1 saturated heterocycles. The number of nitrogens with zero attached hydrogens (tertiary/aromatic N) is 2. The normalized spacial score (nSPS) is 21.0. The molecule has 1 fully saturated rings. The Kier molecular flexibility index (Phi) is 5.51. The summed E-state index contributed by atoms with van der Waals surface area (Å²) >= 11 is 0. The van der Waals surface area contributed by atoms with Gasteiger partial charge >= 0.3 is 0 Å². The number of carbonyl (C=O) groups excluding carboxylic acids is 1. The van der Waals surface area contributed by atoms with E-state index >= 15 is 0 Å². The summed E-state index contributed by atoms with van der Waals surface area (Å²) in [4.78, 5) is 24.5. The number of benzene rings is 1. The van der Waals surface area contributed by atoms with E-state index in [1.165, 1.54) is 18.2 Å². The molecule has 116 valence electrons. The van der Waals surface area contributed by atoms with E-state index in [1.807, 2.05) is 6.92 Å². The summed E-state index contributed by atoms with van der Waals surface area (Å²) in [6.07, 6.45) is 0.844. The summed E-state index contributed by atoms with van der Waals surface area (Å²) < 4.78 is 0. The Balaban J connectivity index is 0.00000220. The smallest absolute Gasteiger partial charge is 0.292 e. The van der Waals surface area contributed by atoms with Crippen LogP contribution in [-0.2, 0) is 0 Å². The molecule has 0 saturated carbocycles. The van der Waals surface area contributed by atoms with E-state index in [4.69, 9.17) is 11.5 Å². The van der Waals surface area contributed by atoms with Gasteiger partial charge in [-0.2, -0.15) is 0 Å². The van der Waals surface area contributed by atoms with Crippen molar-refractivity contribution in [3.8, 4) is 0 Å². The van der Waals surface area contributed by atoms with Gasteiger partial charge < -0.3 is 16.4 Å². The van der Waals surface area contributed by atoms with Crippen molar-refractivity contribution in [1.29, 1.82) is 0 Å². The van der Waals surface area contributed by atoms with Gasteiger partial charge in [-0.25, -0.2) is 0 Å². The third kappa shape index (κ3) is 3.25. The van der Waals surface area contributed by atoms with Crippen LogP contribution in [0.15, 0.2) is 18.2 Å². The lowest BCUT2D eigenvalue weighted by atomic mass is 10.1. The number of rotatable bonds is 3. The van der Waals surface area contributed by atoms with Crippen LogP contribution in [0.1, 0.15) is 23.7 Å². The average molecular weight is 315 g/mol. The largest absolute Gasteiger partial charge is 0.393 e. The van der Waals surface area contributed by atoms with E-state index < -0.39 is 4.92 Å². The second-order valence-electron chi connectivity index (χ2n) is 5.14. The lowest BCUT2D eigenvalue weighted by Crippen LogP contribution is -2.35. The van der Waals surface area contributed by atoms with Gasteiger partial charge in [0.05, 0.1) is 10.5 Å². The number of anilines is 1. The first kappa shape index (κ1) is 17.2. The number of hydrogen-bond acceptors (Lipinski definition) is 5. The molecule has 1 aromatic carbocycles. The molecule has 1 amide bonds. The Morgan fingerprint density at radius 3 is 2.71 bits per heavy atom. The highest BCUT2D eigenvalue weighted by atomic mass is 35.5. The number of nitrogens with two attached hydrogens (primary N) is 2. The molecule has 0 aromatic heterocycles. The van der Waals surface area contributed by atoms with Crippen molar-refractivity contribution in [3.05, 3.63) is 33.9 Å². The van der Waals surface area contributed by atoms with Gasteiger partial charge in [0, 0.05) is 18.7 Å². The van der Waals surface area contributed by atoms with Crippen molar-refractivity contribution in [1.82, 2.24) is 4.90 Å². The van der Waals surface area contributed by atoms with Crippen LogP contribution >= 0.6 is 12.4 Å². The Morgan fingerprint density at radius 1 is 1.52 bits per heavy atom. The van der Waals surface area contributed by atoms with Crippen LogP contribution in [-0.4, -0.2) is 34.9 Å². The monoisotopic (exact) mass is 314 g/mol. The highest BCUT2D eigenvalue weighted by molar-refractivity contribution is 6.01. The predicted molar refractivity (Wildman–Crippen MR) is 82.4 cm³/mol. The van der Waals surface area contributed by atoms with Crippen molar-refractivity contribution < 1.29 is 9.72 Å². The molecule has 1 aromatic rings. The Bertz CT molecular complexity index is 552. The first-order valence-corrected chi connectivity index (χ1v) is 6.49. The standard InChI is InChI=1S/C13H18N4O3.ClH/c1-8-5-9(6-14)7-16(8)13(18)10-3-2-4-11(12(10)15)17(19)20;/h2-4,8-9H,5-7,14-15H2,1H3;1H. The number of likely N-dealkylation sites (tertiary alicyclic amines) is 1. The average Bonchev–Trinajstić information content (AvgIpc) is 2.79. The van der Waals surface area contributed by atoms with Crippen molar-refractivity contribution in [3.63, 3.8) is 0 Å². The molecule has 1 heterocycles. The van der Waals surface area contributed by atoms with Gasteiger partial charge in [0.2, 0.25) is 0 Å². The summed E-state index contributed by atoms with van der Waals surface area (Å²) in [5, 5.41) is 10.9. The third-order valence-corrected chi connectivity index (χ3v) is 3.77. The molecule has 2 rings (SSSR count). The van der Waals surface area contributed by atoms with Gasteiger partial charge in [0.1, 0.15) is 5.69 Å². The number of nitro benzene ring substituents is 1. The number of hydrogen-bond donors (Lipinski definition) is 2. The van der Waals surface area contributed by atoms with E-state index in [0.717, 1.165) is 6.42 Å². The minimum atomic E-state index is -0.581. The van der Waals surface area contributed by atoms with Crippen LogP contribution in [0.25, 0.3) is 0 Å². The highest BCUT2D eigenvalue weighted by Crippen LogP contribution is 2.29. The van der Waals surface area contributed by atoms with Crippen molar-refractivity contribution in [2.45, 2.75) is 19.4 Å². The number of amides is 1. The molecule has 1 aliphatic rings. The summed E-state index contributed by atoms with van der Waals surface area (Å²) in [6, 6.07) is 4.35. The number of carbonyl (C=O) groups is 1. The Morgan fingerprint density at radius 2 is 2.19 bits per heavy atom. The van der Waals surface area contributed by atoms with E-state index in [-0.39, 0.29) is 47.2 Å².